The highest BCUT2D eigenvalue weighted by Crippen LogP contribution is 2.16. The van der Waals surface area contributed by atoms with Crippen molar-refractivity contribution >= 4 is 0 Å². The van der Waals surface area contributed by atoms with E-state index in [1.54, 1.807) is 0 Å². The molecule has 0 saturated carbocycles. The highest BCUT2D eigenvalue weighted by Gasteiger charge is 2.30. The van der Waals surface area contributed by atoms with Crippen LogP contribution in [0.1, 0.15) is 0 Å². The van der Waals surface area contributed by atoms with Crippen LogP contribution < -0.4 is 0 Å². The van der Waals surface area contributed by atoms with E-state index in [2.05, 4.69) is 0 Å². The standard InChI is InChI=1S/C6H10O5/c7-1-4-6(10)5(9)3(8)2-11-4/h4,6-10H,1-2H2/t4-,6-/m1/s1. The van der Waals surface area contributed by atoms with E-state index in [9.17, 15) is 0 Å². The normalized spacial score (nSPS) is 32.5. The lowest BCUT2D eigenvalue weighted by Crippen LogP contribution is -2.39. The first kappa shape index (κ1) is 8.32. The van der Waals surface area contributed by atoms with Crippen LogP contribution in [-0.2, 0) is 4.74 Å². The minimum absolute atomic E-state index is 0.172. The van der Waals surface area contributed by atoms with Crippen LogP contribution in [-0.4, -0.2) is 45.8 Å². The Labute approximate surface area is 63.2 Å². The summed E-state index contributed by atoms with van der Waals surface area (Å²) >= 11 is 0. The lowest BCUT2D eigenvalue weighted by molar-refractivity contribution is -0.0816. The van der Waals surface area contributed by atoms with E-state index < -0.39 is 24.6 Å². The summed E-state index contributed by atoms with van der Waals surface area (Å²) < 4.78 is 4.75. The van der Waals surface area contributed by atoms with Gasteiger partial charge in [0, 0.05) is 0 Å². The number of aliphatic hydroxyl groups excluding tert-OH is 4. The van der Waals surface area contributed by atoms with Gasteiger partial charge in [-0.15, -0.1) is 0 Å². The van der Waals surface area contributed by atoms with Crippen molar-refractivity contribution in [2.75, 3.05) is 13.2 Å². The molecule has 1 heterocycles. The molecule has 0 spiro atoms. The number of aliphatic hydroxyl groups is 4. The van der Waals surface area contributed by atoms with Crippen LogP contribution in [0.4, 0.5) is 0 Å². The Morgan fingerprint density at radius 1 is 1.45 bits per heavy atom. The van der Waals surface area contributed by atoms with E-state index in [-0.39, 0.29) is 12.4 Å². The molecule has 0 unspecified atom stereocenters. The predicted octanol–water partition coefficient (Wildman–Crippen LogP) is -0.934. The lowest BCUT2D eigenvalue weighted by atomic mass is 10.1. The highest BCUT2D eigenvalue weighted by atomic mass is 16.5. The van der Waals surface area contributed by atoms with Crippen molar-refractivity contribution in [2.24, 2.45) is 0 Å². The minimum atomic E-state index is -1.33. The molecule has 11 heavy (non-hydrogen) atoms. The summed E-state index contributed by atoms with van der Waals surface area (Å²) in [6.45, 7) is -0.563. The molecule has 0 aromatic carbocycles. The molecule has 1 rings (SSSR count). The van der Waals surface area contributed by atoms with E-state index in [1.165, 1.54) is 0 Å². The van der Waals surface area contributed by atoms with E-state index in [1.807, 2.05) is 0 Å². The van der Waals surface area contributed by atoms with Gasteiger partial charge in [-0.3, -0.25) is 0 Å². The maximum absolute atomic E-state index is 9.06. The van der Waals surface area contributed by atoms with E-state index in [4.69, 9.17) is 25.2 Å². The molecule has 0 aliphatic carbocycles. The number of rotatable bonds is 1. The Hall–Kier alpha value is -0.780. The molecule has 0 fully saturated rings. The third-order valence-corrected chi connectivity index (χ3v) is 1.54. The third-order valence-electron chi connectivity index (χ3n) is 1.54. The number of hydrogen-bond acceptors (Lipinski definition) is 5. The summed E-state index contributed by atoms with van der Waals surface area (Å²) in [5, 5.41) is 35.4. The molecule has 5 nitrogen and oxygen atoms in total. The van der Waals surface area contributed by atoms with Gasteiger partial charge in [0.15, 0.2) is 11.5 Å². The molecule has 4 N–H and O–H groups in total. The van der Waals surface area contributed by atoms with Gasteiger partial charge in [-0.1, -0.05) is 0 Å². The highest BCUT2D eigenvalue weighted by molar-refractivity contribution is 5.09. The van der Waals surface area contributed by atoms with Crippen LogP contribution in [0, 0.1) is 0 Å². The van der Waals surface area contributed by atoms with Crippen molar-refractivity contribution in [1.29, 1.82) is 0 Å². The van der Waals surface area contributed by atoms with Crippen molar-refractivity contribution in [2.45, 2.75) is 12.2 Å². The largest absolute Gasteiger partial charge is 0.506 e. The monoisotopic (exact) mass is 162 g/mol. The Morgan fingerprint density at radius 2 is 2.09 bits per heavy atom. The lowest BCUT2D eigenvalue weighted by Gasteiger charge is -2.25. The van der Waals surface area contributed by atoms with E-state index >= 15 is 0 Å². The van der Waals surface area contributed by atoms with Crippen molar-refractivity contribution in [3.05, 3.63) is 11.5 Å². The van der Waals surface area contributed by atoms with Crippen LogP contribution >= 0.6 is 0 Å². The topological polar surface area (TPSA) is 90.2 Å². The first-order valence-corrected chi connectivity index (χ1v) is 3.18. The fraction of sp³-hybridized carbons (Fsp3) is 0.667. The number of hydrogen-bond donors (Lipinski definition) is 4. The van der Waals surface area contributed by atoms with Gasteiger partial charge in [0.25, 0.3) is 0 Å². The molecule has 0 aromatic rings. The van der Waals surface area contributed by atoms with Crippen molar-refractivity contribution < 1.29 is 25.2 Å². The summed E-state index contributed by atoms with van der Waals surface area (Å²) in [7, 11) is 0. The van der Waals surface area contributed by atoms with Gasteiger partial charge in [-0.25, -0.2) is 0 Å². The van der Waals surface area contributed by atoms with Gasteiger partial charge in [-0.2, -0.15) is 0 Å². The minimum Gasteiger partial charge on any atom is -0.506 e. The van der Waals surface area contributed by atoms with Crippen LogP contribution in [0.5, 0.6) is 0 Å². The van der Waals surface area contributed by atoms with E-state index in [0.29, 0.717) is 0 Å². The zero-order valence-corrected chi connectivity index (χ0v) is 5.77. The van der Waals surface area contributed by atoms with Crippen LogP contribution in [0.3, 0.4) is 0 Å². The molecule has 0 bridgehead atoms. The SMILES string of the molecule is OC[C@H]1OCC(O)=C(O)[C@@H]1O. The molecule has 0 amide bonds. The Balaban J connectivity index is 2.73. The van der Waals surface area contributed by atoms with Crippen molar-refractivity contribution in [3.8, 4) is 0 Å². The van der Waals surface area contributed by atoms with Gasteiger partial charge in [0.1, 0.15) is 18.8 Å². The molecule has 0 saturated heterocycles. The summed E-state index contributed by atoms with van der Waals surface area (Å²) in [5.41, 5.74) is 0. The predicted molar refractivity (Wildman–Crippen MR) is 35.1 cm³/mol. The van der Waals surface area contributed by atoms with Crippen molar-refractivity contribution in [3.63, 3.8) is 0 Å². The zero-order valence-electron chi connectivity index (χ0n) is 5.77. The Bertz CT molecular complexity index is 176. The second-order valence-electron chi connectivity index (χ2n) is 2.31. The van der Waals surface area contributed by atoms with Crippen molar-refractivity contribution in [1.82, 2.24) is 0 Å². The van der Waals surface area contributed by atoms with Gasteiger partial charge >= 0.3 is 0 Å². The summed E-state index contributed by atoms with van der Waals surface area (Å²) in [6, 6.07) is 0. The van der Waals surface area contributed by atoms with Gasteiger partial charge in [0.2, 0.25) is 0 Å². The van der Waals surface area contributed by atoms with Gasteiger partial charge < -0.3 is 25.2 Å². The van der Waals surface area contributed by atoms with Gasteiger partial charge in [-0.05, 0) is 0 Å². The number of ether oxygens (including phenoxy) is 1. The fourth-order valence-electron chi connectivity index (χ4n) is 0.850. The zero-order chi connectivity index (χ0) is 8.43. The fourth-order valence-corrected chi connectivity index (χ4v) is 0.850. The first-order valence-electron chi connectivity index (χ1n) is 3.18. The van der Waals surface area contributed by atoms with Gasteiger partial charge in [0.05, 0.1) is 6.61 Å². The molecular formula is C6H10O5. The molecule has 5 heteroatoms. The van der Waals surface area contributed by atoms with Crippen LogP contribution in [0.25, 0.3) is 0 Å². The first-order chi connectivity index (χ1) is 5.16. The van der Waals surface area contributed by atoms with Crippen LogP contribution in [0.15, 0.2) is 11.5 Å². The van der Waals surface area contributed by atoms with E-state index in [0.717, 1.165) is 0 Å². The maximum atomic E-state index is 9.06. The molecule has 64 valence electrons. The van der Waals surface area contributed by atoms with Crippen LogP contribution in [0.2, 0.25) is 0 Å². The smallest absolute Gasteiger partial charge is 0.164 e. The Morgan fingerprint density at radius 3 is 2.64 bits per heavy atom. The molecule has 0 aromatic heterocycles. The second-order valence-corrected chi connectivity index (χ2v) is 2.31. The summed E-state index contributed by atoms with van der Waals surface area (Å²) in [6.07, 6.45) is -2.17. The quantitative estimate of drug-likeness (QED) is 0.400. The summed E-state index contributed by atoms with van der Waals surface area (Å²) in [5.74, 6) is -0.905. The maximum Gasteiger partial charge on any atom is 0.164 e. The second kappa shape index (κ2) is 3.08. The molecular weight excluding hydrogens is 152 g/mol. The molecule has 2 atom stereocenters. The average molecular weight is 162 g/mol. The Kier molecular flexibility index (Phi) is 2.33. The average Bonchev–Trinajstić information content (AvgIpc) is 2.01. The molecule has 1 aliphatic rings. The summed E-state index contributed by atoms with van der Waals surface area (Å²) in [4.78, 5) is 0. The third kappa shape index (κ3) is 1.45. The molecule has 0 radical (unpaired) electrons. The molecule has 1 aliphatic heterocycles.